The summed E-state index contributed by atoms with van der Waals surface area (Å²) < 4.78 is 44.8. The Hall–Kier alpha value is -3.32. The van der Waals surface area contributed by atoms with Crippen LogP contribution in [0.3, 0.4) is 0 Å². The highest BCUT2D eigenvalue weighted by Gasteiger charge is 2.45. The summed E-state index contributed by atoms with van der Waals surface area (Å²) in [6.45, 7) is -0.0382. The van der Waals surface area contributed by atoms with E-state index in [1.54, 1.807) is 6.07 Å². The first kappa shape index (κ1) is 20.9. The number of nitrogens with one attached hydrogen (secondary N) is 1. The van der Waals surface area contributed by atoms with Crippen molar-refractivity contribution in [1.29, 1.82) is 0 Å². The molecule has 1 aliphatic rings. The molecule has 0 unspecified atom stereocenters. The molecule has 0 aliphatic heterocycles. The van der Waals surface area contributed by atoms with E-state index in [2.05, 4.69) is 5.32 Å². The smallest absolute Gasteiger partial charge is 0.416 e. The summed E-state index contributed by atoms with van der Waals surface area (Å²) in [6, 6.07) is 21.3. The predicted molar refractivity (Wildman–Crippen MR) is 109 cm³/mol. The van der Waals surface area contributed by atoms with Gasteiger partial charge in [0.15, 0.2) is 6.10 Å². The molecule has 0 spiro atoms. The summed E-state index contributed by atoms with van der Waals surface area (Å²) in [5.74, 6) is -0.221. The minimum atomic E-state index is -4.91. The summed E-state index contributed by atoms with van der Waals surface area (Å²) >= 11 is 0. The van der Waals surface area contributed by atoms with Crippen molar-refractivity contribution in [2.24, 2.45) is 0 Å². The lowest BCUT2D eigenvalue weighted by Crippen LogP contribution is -2.44. The van der Waals surface area contributed by atoms with Crippen molar-refractivity contribution in [1.82, 2.24) is 5.32 Å². The van der Waals surface area contributed by atoms with E-state index in [-0.39, 0.29) is 18.1 Å². The Morgan fingerprint density at radius 3 is 1.97 bits per heavy atom. The van der Waals surface area contributed by atoms with Gasteiger partial charge in [0.1, 0.15) is 6.61 Å². The first-order chi connectivity index (χ1) is 14.9. The Balaban J connectivity index is 1.51. The molecule has 1 aliphatic carbocycles. The van der Waals surface area contributed by atoms with Gasteiger partial charge in [0.05, 0.1) is 6.04 Å². The summed E-state index contributed by atoms with van der Waals surface area (Å²) in [5.41, 5.74) is 4.20. The van der Waals surface area contributed by atoms with Crippen molar-refractivity contribution in [2.45, 2.75) is 24.2 Å². The van der Waals surface area contributed by atoms with Gasteiger partial charge in [0, 0.05) is 5.92 Å². The van der Waals surface area contributed by atoms with Gasteiger partial charge in [-0.3, -0.25) is 0 Å². The third-order valence-electron chi connectivity index (χ3n) is 5.43. The molecule has 0 radical (unpaired) electrons. The van der Waals surface area contributed by atoms with Crippen molar-refractivity contribution in [3.8, 4) is 11.1 Å². The molecular formula is C24H20F3NO3. The van der Waals surface area contributed by atoms with Crippen LogP contribution >= 0.6 is 0 Å². The molecule has 160 valence electrons. The number of amides is 1. The van der Waals surface area contributed by atoms with Crippen molar-refractivity contribution < 1.29 is 27.8 Å². The number of alkyl halides is 3. The fourth-order valence-corrected chi connectivity index (χ4v) is 3.96. The number of aliphatic hydroxyl groups is 1. The SMILES string of the molecule is O=C(N[C@H](c1ccccc1)[C@H](O)C(F)(F)F)OCC1c2ccccc2-c2ccccc21. The van der Waals surface area contributed by atoms with Crippen LogP contribution in [0.25, 0.3) is 11.1 Å². The van der Waals surface area contributed by atoms with Crippen LogP contribution in [-0.4, -0.2) is 30.1 Å². The van der Waals surface area contributed by atoms with Crippen LogP contribution < -0.4 is 5.32 Å². The van der Waals surface area contributed by atoms with E-state index < -0.39 is 24.4 Å². The number of halogens is 3. The van der Waals surface area contributed by atoms with E-state index in [1.807, 2.05) is 48.5 Å². The van der Waals surface area contributed by atoms with E-state index in [4.69, 9.17) is 4.74 Å². The number of hydrogen-bond donors (Lipinski definition) is 2. The average molecular weight is 427 g/mol. The first-order valence-corrected chi connectivity index (χ1v) is 9.77. The van der Waals surface area contributed by atoms with E-state index in [9.17, 15) is 23.1 Å². The number of carbonyl (C=O) groups excluding carboxylic acids is 1. The third-order valence-corrected chi connectivity index (χ3v) is 5.43. The Morgan fingerprint density at radius 1 is 0.903 bits per heavy atom. The molecule has 0 heterocycles. The zero-order valence-corrected chi connectivity index (χ0v) is 16.3. The van der Waals surface area contributed by atoms with E-state index in [0.29, 0.717) is 0 Å². The zero-order valence-electron chi connectivity index (χ0n) is 16.3. The molecular weight excluding hydrogens is 407 g/mol. The van der Waals surface area contributed by atoms with Crippen LogP contribution in [0.1, 0.15) is 28.7 Å². The summed E-state index contributed by atoms with van der Waals surface area (Å²) in [5, 5.41) is 12.0. The molecule has 7 heteroatoms. The molecule has 0 saturated heterocycles. The zero-order chi connectivity index (χ0) is 22.0. The number of rotatable bonds is 5. The second-order valence-corrected chi connectivity index (χ2v) is 7.34. The van der Waals surface area contributed by atoms with Gasteiger partial charge >= 0.3 is 12.3 Å². The third kappa shape index (κ3) is 4.27. The molecule has 3 aromatic carbocycles. The maximum atomic E-state index is 13.2. The number of hydrogen-bond acceptors (Lipinski definition) is 3. The van der Waals surface area contributed by atoms with E-state index >= 15 is 0 Å². The Kier molecular flexibility index (Phi) is 5.69. The van der Waals surface area contributed by atoms with Crippen LogP contribution in [0.2, 0.25) is 0 Å². The lowest BCUT2D eigenvalue weighted by Gasteiger charge is -2.26. The van der Waals surface area contributed by atoms with E-state index in [1.165, 1.54) is 24.3 Å². The Bertz CT molecular complexity index is 1020. The minimum Gasteiger partial charge on any atom is -0.449 e. The van der Waals surface area contributed by atoms with Gasteiger partial charge in [-0.15, -0.1) is 0 Å². The maximum absolute atomic E-state index is 13.2. The molecule has 4 rings (SSSR count). The second kappa shape index (κ2) is 8.43. The standard InChI is InChI=1S/C24H20F3NO3/c25-24(26,27)22(29)21(15-8-2-1-3-9-15)28-23(30)31-14-20-18-12-6-4-10-16(18)17-11-5-7-13-19(17)20/h1-13,20-22,29H,14H2,(H,28,30)/t21-,22+/m1/s1. The maximum Gasteiger partial charge on any atom is 0.416 e. The van der Waals surface area contributed by atoms with Crippen LogP contribution in [0, 0.1) is 0 Å². The number of carbonyl (C=O) groups is 1. The summed E-state index contributed by atoms with van der Waals surface area (Å²) in [4.78, 5) is 12.4. The van der Waals surface area contributed by atoms with Crippen molar-refractivity contribution in [3.63, 3.8) is 0 Å². The lowest BCUT2D eigenvalue weighted by molar-refractivity contribution is -0.212. The molecule has 0 bridgehead atoms. The quantitative estimate of drug-likeness (QED) is 0.589. The van der Waals surface area contributed by atoms with Gasteiger partial charge in [-0.25, -0.2) is 4.79 Å². The largest absolute Gasteiger partial charge is 0.449 e. The molecule has 0 saturated carbocycles. The summed E-state index contributed by atoms with van der Waals surface area (Å²) in [6.07, 6.45) is -8.70. The number of alkyl carbamates (subject to hydrolysis) is 1. The van der Waals surface area contributed by atoms with Gasteiger partial charge in [0.25, 0.3) is 0 Å². The Labute approximate surface area is 177 Å². The number of ether oxygens (including phenoxy) is 1. The Morgan fingerprint density at radius 2 is 1.42 bits per heavy atom. The van der Waals surface area contributed by atoms with Crippen LogP contribution in [0.5, 0.6) is 0 Å². The highest BCUT2D eigenvalue weighted by molar-refractivity contribution is 5.79. The number of benzene rings is 3. The van der Waals surface area contributed by atoms with Crippen molar-refractivity contribution in [3.05, 3.63) is 95.6 Å². The van der Waals surface area contributed by atoms with Crippen LogP contribution in [0.4, 0.5) is 18.0 Å². The van der Waals surface area contributed by atoms with Gasteiger partial charge in [-0.1, -0.05) is 78.9 Å². The van der Waals surface area contributed by atoms with Gasteiger partial charge < -0.3 is 15.2 Å². The predicted octanol–water partition coefficient (Wildman–Crippen LogP) is 5.19. The first-order valence-electron chi connectivity index (χ1n) is 9.77. The highest BCUT2D eigenvalue weighted by Crippen LogP contribution is 2.44. The molecule has 31 heavy (non-hydrogen) atoms. The molecule has 2 atom stereocenters. The minimum absolute atomic E-state index is 0.0382. The normalized spacial score (nSPS) is 15.0. The van der Waals surface area contributed by atoms with Crippen LogP contribution in [-0.2, 0) is 4.74 Å². The van der Waals surface area contributed by atoms with Gasteiger partial charge in [0.2, 0.25) is 0 Å². The van der Waals surface area contributed by atoms with Gasteiger partial charge in [-0.05, 0) is 27.8 Å². The van der Waals surface area contributed by atoms with Crippen molar-refractivity contribution in [2.75, 3.05) is 6.61 Å². The fraction of sp³-hybridized carbons (Fsp3) is 0.208. The number of fused-ring (bicyclic) bond motifs is 3. The number of aliphatic hydroxyl groups excluding tert-OH is 1. The molecule has 0 aromatic heterocycles. The van der Waals surface area contributed by atoms with Crippen LogP contribution in [0.15, 0.2) is 78.9 Å². The highest BCUT2D eigenvalue weighted by atomic mass is 19.4. The molecule has 3 aromatic rings. The second-order valence-electron chi connectivity index (χ2n) is 7.34. The molecule has 2 N–H and O–H groups in total. The average Bonchev–Trinajstić information content (AvgIpc) is 3.09. The summed E-state index contributed by atoms with van der Waals surface area (Å²) in [7, 11) is 0. The fourth-order valence-electron chi connectivity index (χ4n) is 3.96. The molecule has 4 nitrogen and oxygen atoms in total. The lowest BCUT2D eigenvalue weighted by atomic mass is 9.98. The monoisotopic (exact) mass is 427 g/mol. The van der Waals surface area contributed by atoms with Crippen molar-refractivity contribution >= 4 is 6.09 Å². The molecule has 0 fully saturated rings. The van der Waals surface area contributed by atoms with Gasteiger partial charge in [-0.2, -0.15) is 13.2 Å². The topological polar surface area (TPSA) is 58.6 Å². The molecule has 1 amide bonds. The van der Waals surface area contributed by atoms with E-state index in [0.717, 1.165) is 22.3 Å².